The highest BCUT2D eigenvalue weighted by Crippen LogP contribution is 2.24. The van der Waals surface area contributed by atoms with Gasteiger partial charge in [-0.15, -0.1) is 0 Å². The summed E-state index contributed by atoms with van der Waals surface area (Å²) in [5, 5.41) is 10.9. The molecule has 1 aromatic carbocycles. The van der Waals surface area contributed by atoms with Gasteiger partial charge in [0.2, 0.25) is 5.91 Å². The summed E-state index contributed by atoms with van der Waals surface area (Å²) in [6.45, 7) is 0. The molecule has 22 heavy (non-hydrogen) atoms. The molecule has 0 bridgehead atoms. The number of hydrogen-bond acceptors (Lipinski definition) is 3. The molecular formula is C13H13ClF3NO4. The minimum atomic E-state index is -4.70. The van der Waals surface area contributed by atoms with E-state index >= 15 is 0 Å². The van der Waals surface area contributed by atoms with Crippen molar-refractivity contribution in [3.05, 3.63) is 28.8 Å². The van der Waals surface area contributed by atoms with E-state index in [1.54, 1.807) is 0 Å². The number of rotatable bonds is 6. The van der Waals surface area contributed by atoms with Crippen molar-refractivity contribution in [3.8, 4) is 5.75 Å². The molecule has 0 spiro atoms. The molecule has 0 aliphatic carbocycles. The van der Waals surface area contributed by atoms with Gasteiger partial charge in [0.25, 0.3) is 0 Å². The first-order valence-corrected chi connectivity index (χ1v) is 6.41. The second-order valence-electron chi connectivity index (χ2n) is 4.41. The monoisotopic (exact) mass is 339 g/mol. The van der Waals surface area contributed by atoms with E-state index in [0.29, 0.717) is 16.3 Å². The van der Waals surface area contributed by atoms with Crippen LogP contribution in [0.5, 0.6) is 5.75 Å². The van der Waals surface area contributed by atoms with Gasteiger partial charge < -0.3 is 15.2 Å². The third-order valence-corrected chi connectivity index (χ3v) is 2.90. The van der Waals surface area contributed by atoms with Crippen molar-refractivity contribution in [2.24, 2.45) is 0 Å². The predicted octanol–water partition coefficient (Wildman–Crippen LogP) is 2.41. The largest absolute Gasteiger partial charge is 0.496 e. The number of nitrogens with one attached hydrogen (secondary N) is 1. The minimum Gasteiger partial charge on any atom is -0.496 e. The molecule has 1 atom stereocenters. The van der Waals surface area contributed by atoms with Gasteiger partial charge in [-0.05, 0) is 18.2 Å². The number of benzene rings is 1. The number of halogens is 4. The quantitative estimate of drug-likeness (QED) is 0.834. The van der Waals surface area contributed by atoms with Gasteiger partial charge in [-0.3, -0.25) is 4.79 Å². The Balaban J connectivity index is 2.80. The highest BCUT2D eigenvalue weighted by Gasteiger charge is 2.36. The van der Waals surface area contributed by atoms with Crippen LogP contribution in [0.15, 0.2) is 18.2 Å². The third-order valence-electron chi connectivity index (χ3n) is 2.66. The molecule has 2 N–H and O–H groups in total. The molecule has 0 radical (unpaired) electrons. The van der Waals surface area contributed by atoms with Crippen LogP contribution in [0.25, 0.3) is 0 Å². The van der Waals surface area contributed by atoms with Crippen LogP contribution in [0.4, 0.5) is 13.2 Å². The Morgan fingerprint density at radius 1 is 1.41 bits per heavy atom. The highest BCUT2D eigenvalue weighted by molar-refractivity contribution is 6.30. The van der Waals surface area contributed by atoms with Crippen molar-refractivity contribution in [2.75, 3.05) is 7.11 Å². The molecule has 0 saturated heterocycles. The van der Waals surface area contributed by atoms with E-state index in [1.165, 1.54) is 25.3 Å². The molecule has 0 heterocycles. The fourth-order valence-corrected chi connectivity index (χ4v) is 1.93. The van der Waals surface area contributed by atoms with E-state index in [1.807, 2.05) is 5.32 Å². The first-order chi connectivity index (χ1) is 10.1. The smallest absolute Gasteiger partial charge is 0.391 e. The molecule has 5 nitrogen and oxygen atoms in total. The molecule has 0 fully saturated rings. The van der Waals surface area contributed by atoms with Crippen molar-refractivity contribution >= 4 is 23.5 Å². The van der Waals surface area contributed by atoms with Crippen molar-refractivity contribution in [1.82, 2.24) is 5.32 Å². The van der Waals surface area contributed by atoms with Gasteiger partial charge in [0.1, 0.15) is 11.8 Å². The van der Waals surface area contributed by atoms with Crippen LogP contribution < -0.4 is 10.1 Å². The maximum atomic E-state index is 12.3. The minimum absolute atomic E-state index is 0.314. The normalized spacial score (nSPS) is 12.6. The molecule has 0 aliphatic heterocycles. The summed E-state index contributed by atoms with van der Waals surface area (Å²) >= 11 is 5.77. The maximum Gasteiger partial charge on any atom is 0.391 e. The Bertz CT molecular complexity index is 563. The number of alkyl halides is 3. The van der Waals surface area contributed by atoms with Gasteiger partial charge in [-0.2, -0.15) is 13.2 Å². The molecule has 122 valence electrons. The summed E-state index contributed by atoms with van der Waals surface area (Å²) in [7, 11) is 1.36. The number of aliphatic carboxylic acids is 1. The number of hydrogen-bond donors (Lipinski definition) is 2. The van der Waals surface area contributed by atoms with Crippen LogP contribution >= 0.6 is 11.6 Å². The zero-order chi connectivity index (χ0) is 16.9. The molecule has 0 aromatic heterocycles. The molecule has 1 aromatic rings. The first-order valence-electron chi connectivity index (χ1n) is 6.03. The summed E-state index contributed by atoms with van der Waals surface area (Å²) in [5.74, 6) is -2.32. The van der Waals surface area contributed by atoms with Gasteiger partial charge in [-0.25, -0.2) is 4.79 Å². The second-order valence-corrected chi connectivity index (χ2v) is 4.85. The standard InChI is InChI=1S/C13H13ClF3NO4/c1-22-10-3-2-8(14)4-7(10)5-11(19)18-9(12(20)21)6-13(15,16)17/h2-4,9H,5-6H2,1H3,(H,18,19)(H,20,21). The van der Waals surface area contributed by atoms with Gasteiger partial charge in [-0.1, -0.05) is 11.6 Å². The zero-order valence-electron chi connectivity index (χ0n) is 11.4. The Morgan fingerprint density at radius 3 is 2.55 bits per heavy atom. The van der Waals surface area contributed by atoms with E-state index in [0.717, 1.165) is 0 Å². The SMILES string of the molecule is COc1ccc(Cl)cc1CC(=O)NC(CC(F)(F)F)C(=O)O. The average molecular weight is 340 g/mol. The number of amides is 1. The lowest BCUT2D eigenvalue weighted by Crippen LogP contribution is -2.44. The van der Waals surface area contributed by atoms with Gasteiger partial charge >= 0.3 is 12.1 Å². The molecule has 1 rings (SSSR count). The zero-order valence-corrected chi connectivity index (χ0v) is 12.2. The summed E-state index contributed by atoms with van der Waals surface area (Å²) in [5.41, 5.74) is 0.337. The van der Waals surface area contributed by atoms with E-state index in [4.69, 9.17) is 21.4 Å². The van der Waals surface area contributed by atoms with Crippen molar-refractivity contribution in [2.45, 2.75) is 25.1 Å². The van der Waals surface area contributed by atoms with E-state index in [9.17, 15) is 22.8 Å². The summed E-state index contributed by atoms with van der Waals surface area (Å²) in [6, 6.07) is 2.39. The summed E-state index contributed by atoms with van der Waals surface area (Å²) in [4.78, 5) is 22.5. The first kappa shape index (κ1) is 18.1. The molecule has 1 unspecified atom stereocenters. The Morgan fingerprint density at radius 2 is 2.05 bits per heavy atom. The Hall–Kier alpha value is -1.96. The number of ether oxygens (including phenoxy) is 1. The van der Waals surface area contributed by atoms with Crippen LogP contribution in [0, 0.1) is 0 Å². The van der Waals surface area contributed by atoms with Crippen molar-refractivity contribution in [3.63, 3.8) is 0 Å². The Labute approximate surface area is 129 Å². The molecular weight excluding hydrogens is 327 g/mol. The summed E-state index contributed by atoms with van der Waals surface area (Å²) in [6.07, 6.45) is -6.71. The molecule has 0 saturated carbocycles. The van der Waals surface area contributed by atoms with Crippen LogP contribution in [0.3, 0.4) is 0 Å². The molecule has 1 amide bonds. The lowest BCUT2D eigenvalue weighted by molar-refractivity contribution is -0.159. The van der Waals surface area contributed by atoms with Crippen molar-refractivity contribution < 1.29 is 32.6 Å². The third kappa shape index (κ3) is 5.80. The maximum absolute atomic E-state index is 12.3. The van der Waals surface area contributed by atoms with Crippen LogP contribution in [0.2, 0.25) is 5.02 Å². The van der Waals surface area contributed by atoms with E-state index in [2.05, 4.69) is 0 Å². The number of carbonyl (C=O) groups excluding carboxylic acids is 1. The lowest BCUT2D eigenvalue weighted by Gasteiger charge is -2.17. The second kappa shape index (κ2) is 7.35. The van der Waals surface area contributed by atoms with Gasteiger partial charge in [0.05, 0.1) is 20.0 Å². The number of carboxylic acids is 1. The number of carbonyl (C=O) groups is 2. The fourth-order valence-electron chi connectivity index (χ4n) is 1.74. The predicted molar refractivity (Wildman–Crippen MR) is 71.9 cm³/mol. The summed E-state index contributed by atoms with van der Waals surface area (Å²) < 4.78 is 41.8. The van der Waals surface area contributed by atoms with E-state index in [-0.39, 0.29) is 6.42 Å². The van der Waals surface area contributed by atoms with Crippen LogP contribution in [0.1, 0.15) is 12.0 Å². The van der Waals surface area contributed by atoms with Gasteiger partial charge in [0.15, 0.2) is 0 Å². The fraction of sp³-hybridized carbons (Fsp3) is 0.385. The Kier molecular flexibility index (Phi) is 6.04. The van der Waals surface area contributed by atoms with Crippen LogP contribution in [-0.4, -0.2) is 36.3 Å². The average Bonchev–Trinajstić information content (AvgIpc) is 2.36. The molecule has 9 heteroatoms. The van der Waals surface area contributed by atoms with Gasteiger partial charge in [0, 0.05) is 10.6 Å². The van der Waals surface area contributed by atoms with Crippen molar-refractivity contribution in [1.29, 1.82) is 0 Å². The number of methoxy groups -OCH3 is 1. The topological polar surface area (TPSA) is 75.6 Å². The van der Waals surface area contributed by atoms with Crippen LogP contribution in [-0.2, 0) is 16.0 Å². The number of carboxylic acid groups (broad SMARTS) is 1. The lowest BCUT2D eigenvalue weighted by atomic mass is 10.1. The highest BCUT2D eigenvalue weighted by atomic mass is 35.5. The molecule has 0 aliphatic rings. The van der Waals surface area contributed by atoms with E-state index < -0.39 is 30.5 Å².